The van der Waals surface area contributed by atoms with Crippen LogP contribution in [0.25, 0.3) is 10.9 Å². The Morgan fingerprint density at radius 3 is 2.02 bits per heavy atom. The first kappa shape index (κ1) is 35.4. The fraction of sp³-hybridized carbons (Fsp3) is 0.475. The number of alkyl halides is 6. The maximum Gasteiger partial charge on any atom is 0.416 e. The van der Waals surface area contributed by atoms with E-state index in [9.17, 15) is 26.3 Å². The molecule has 1 aliphatic heterocycles. The molecule has 3 aromatic carbocycles. The molecule has 0 spiro atoms. The first-order valence-electron chi connectivity index (χ1n) is 18.0. The molecule has 0 atom stereocenters. The Labute approximate surface area is 295 Å². The summed E-state index contributed by atoms with van der Waals surface area (Å²) in [5, 5.41) is 1.01. The standard InChI is InChI=1S/C40H44F6N4O/c1-27-4-2-7-31-22-32(38(47-37(27)31)50(25-29-8-9-29)24-28-5-3-6-28)14-15-49(36-12-10-35(11-13-36)48-16-18-51-19-17-48)26-30-20-33(39(41,42)43)23-34(21-30)40(44,45)46/h2,4,7,10-13,20-23,28-29H,3,5-6,8-9,14-19,24-26H2,1H3. The molecule has 51 heavy (non-hydrogen) atoms. The fourth-order valence-electron chi connectivity index (χ4n) is 7.27. The van der Waals surface area contributed by atoms with Crippen molar-refractivity contribution in [3.63, 3.8) is 0 Å². The van der Waals surface area contributed by atoms with Gasteiger partial charge in [-0.15, -0.1) is 0 Å². The molecular formula is C40H44F6N4O. The third-order valence-corrected chi connectivity index (χ3v) is 10.5. The van der Waals surface area contributed by atoms with Crippen molar-refractivity contribution in [2.45, 2.75) is 64.3 Å². The van der Waals surface area contributed by atoms with Crippen LogP contribution in [-0.2, 0) is 30.1 Å². The molecule has 4 aromatic rings. The largest absolute Gasteiger partial charge is 0.416 e. The fourth-order valence-corrected chi connectivity index (χ4v) is 7.27. The van der Waals surface area contributed by atoms with E-state index in [4.69, 9.17) is 9.72 Å². The summed E-state index contributed by atoms with van der Waals surface area (Å²) in [4.78, 5) is 11.8. The van der Waals surface area contributed by atoms with E-state index < -0.39 is 23.5 Å². The van der Waals surface area contributed by atoms with Gasteiger partial charge >= 0.3 is 12.4 Å². The molecule has 1 saturated heterocycles. The van der Waals surface area contributed by atoms with Gasteiger partial charge in [0, 0.05) is 56.0 Å². The maximum absolute atomic E-state index is 13.9. The number of hydrogen-bond acceptors (Lipinski definition) is 5. The molecule has 3 fully saturated rings. The Morgan fingerprint density at radius 2 is 1.43 bits per heavy atom. The summed E-state index contributed by atoms with van der Waals surface area (Å²) in [6, 6.07) is 17.9. The summed E-state index contributed by atoms with van der Waals surface area (Å²) < 4.78 is 88.7. The van der Waals surface area contributed by atoms with Crippen molar-refractivity contribution in [2.24, 2.45) is 11.8 Å². The molecule has 0 radical (unpaired) electrons. The van der Waals surface area contributed by atoms with Crippen molar-refractivity contribution < 1.29 is 31.1 Å². The highest BCUT2D eigenvalue weighted by atomic mass is 19.4. The average Bonchev–Trinajstić information content (AvgIpc) is 3.91. The molecule has 5 nitrogen and oxygen atoms in total. The lowest BCUT2D eigenvalue weighted by atomic mass is 9.85. The summed E-state index contributed by atoms with van der Waals surface area (Å²) in [5.74, 6) is 2.20. The lowest BCUT2D eigenvalue weighted by Crippen LogP contribution is -2.36. The Kier molecular flexibility index (Phi) is 10.1. The molecule has 2 aliphatic carbocycles. The van der Waals surface area contributed by atoms with Crippen molar-refractivity contribution >= 4 is 28.1 Å². The Balaban J connectivity index is 1.25. The summed E-state index contributed by atoms with van der Waals surface area (Å²) in [6.07, 6.45) is -3.28. The van der Waals surface area contributed by atoms with E-state index in [1.165, 1.54) is 32.1 Å². The second kappa shape index (κ2) is 14.6. The van der Waals surface area contributed by atoms with Crippen molar-refractivity contribution in [2.75, 3.05) is 60.6 Å². The van der Waals surface area contributed by atoms with Gasteiger partial charge in [-0.3, -0.25) is 0 Å². The zero-order chi connectivity index (χ0) is 35.8. The highest BCUT2D eigenvalue weighted by Gasteiger charge is 2.37. The number of aryl methyl sites for hydroxylation is 1. The van der Waals surface area contributed by atoms with Gasteiger partial charge in [-0.25, -0.2) is 4.98 Å². The maximum atomic E-state index is 13.9. The Bertz CT molecular complexity index is 1780. The summed E-state index contributed by atoms with van der Waals surface area (Å²) in [7, 11) is 0. The Hall–Kier alpha value is -3.99. The smallest absolute Gasteiger partial charge is 0.378 e. The number of rotatable bonds is 12. The van der Waals surface area contributed by atoms with Crippen LogP contribution in [-0.4, -0.2) is 50.9 Å². The zero-order valence-corrected chi connectivity index (χ0v) is 28.9. The number of ether oxygens (including phenoxy) is 1. The first-order valence-corrected chi connectivity index (χ1v) is 18.0. The molecular weight excluding hydrogens is 666 g/mol. The SMILES string of the molecule is Cc1cccc2cc(CCN(Cc3cc(C(F)(F)F)cc(C(F)(F)F)c3)c3ccc(N4CCOCC4)cc3)c(N(CC3CCC3)CC3CC3)nc12. The number of para-hydroxylation sites is 1. The van der Waals surface area contributed by atoms with E-state index in [1.807, 2.05) is 41.3 Å². The van der Waals surface area contributed by atoms with Crippen LogP contribution in [0, 0.1) is 18.8 Å². The summed E-state index contributed by atoms with van der Waals surface area (Å²) in [6.45, 7) is 6.87. The second-order valence-corrected chi connectivity index (χ2v) is 14.5. The van der Waals surface area contributed by atoms with Crippen molar-refractivity contribution in [1.82, 2.24) is 4.98 Å². The molecule has 0 amide bonds. The monoisotopic (exact) mass is 710 g/mol. The van der Waals surface area contributed by atoms with Crippen LogP contribution in [0.2, 0.25) is 0 Å². The van der Waals surface area contributed by atoms with Gasteiger partial charge in [-0.1, -0.05) is 24.6 Å². The topological polar surface area (TPSA) is 31.8 Å². The molecule has 3 aliphatic rings. The van der Waals surface area contributed by atoms with Crippen LogP contribution >= 0.6 is 0 Å². The van der Waals surface area contributed by atoms with E-state index in [2.05, 4.69) is 28.9 Å². The average molecular weight is 711 g/mol. The van der Waals surface area contributed by atoms with Crippen LogP contribution in [0.5, 0.6) is 0 Å². The first-order chi connectivity index (χ1) is 24.4. The van der Waals surface area contributed by atoms with E-state index in [-0.39, 0.29) is 18.2 Å². The minimum Gasteiger partial charge on any atom is -0.378 e. The number of aromatic nitrogens is 1. The molecule has 0 N–H and O–H groups in total. The quantitative estimate of drug-likeness (QED) is 0.137. The summed E-state index contributed by atoms with van der Waals surface area (Å²) in [5.41, 5.74) is 2.10. The number of halogens is 6. The van der Waals surface area contributed by atoms with Crippen molar-refractivity contribution in [3.8, 4) is 0 Å². The van der Waals surface area contributed by atoms with Crippen LogP contribution in [0.15, 0.2) is 66.7 Å². The van der Waals surface area contributed by atoms with E-state index in [0.29, 0.717) is 43.7 Å². The lowest BCUT2D eigenvalue weighted by Gasteiger charge is -2.35. The number of pyridine rings is 1. The molecule has 1 aromatic heterocycles. The molecule has 11 heteroatoms. The minimum atomic E-state index is -4.92. The highest BCUT2D eigenvalue weighted by Crippen LogP contribution is 2.39. The van der Waals surface area contributed by atoms with Crippen molar-refractivity contribution in [1.29, 1.82) is 0 Å². The number of benzene rings is 3. The third-order valence-electron chi connectivity index (χ3n) is 10.5. The van der Waals surface area contributed by atoms with Crippen molar-refractivity contribution in [3.05, 3.63) is 94.5 Å². The van der Waals surface area contributed by atoms with Crippen LogP contribution in [0.4, 0.5) is 43.5 Å². The van der Waals surface area contributed by atoms with Gasteiger partial charge in [0.15, 0.2) is 0 Å². The van der Waals surface area contributed by atoms with Gasteiger partial charge in [0.05, 0.1) is 29.9 Å². The van der Waals surface area contributed by atoms with Gasteiger partial charge in [0.1, 0.15) is 5.82 Å². The van der Waals surface area contributed by atoms with Crippen LogP contribution in [0.3, 0.4) is 0 Å². The number of fused-ring (bicyclic) bond motifs is 1. The highest BCUT2D eigenvalue weighted by molar-refractivity contribution is 5.84. The zero-order valence-electron chi connectivity index (χ0n) is 28.9. The normalized spacial score (nSPS) is 17.1. The molecule has 272 valence electrons. The van der Waals surface area contributed by atoms with E-state index >= 15 is 0 Å². The number of hydrogen-bond donors (Lipinski definition) is 0. The number of morpholine rings is 1. The molecule has 7 rings (SSSR count). The summed E-state index contributed by atoms with van der Waals surface area (Å²) >= 11 is 0. The van der Waals surface area contributed by atoms with E-state index in [0.717, 1.165) is 71.8 Å². The molecule has 2 saturated carbocycles. The minimum absolute atomic E-state index is 0.0535. The van der Waals surface area contributed by atoms with Gasteiger partial charge in [-0.05, 0) is 116 Å². The van der Waals surface area contributed by atoms with Gasteiger partial charge in [-0.2, -0.15) is 26.3 Å². The molecule has 2 heterocycles. The van der Waals surface area contributed by atoms with Crippen LogP contribution < -0.4 is 14.7 Å². The molecule has 0 bridgehead atoms. The predicted octanol–water partition coefficient (Wildman–Crippen LogP) is 9.68. The molecule has 0 unspecified atom stereocenters. The Morgan fingerprint density at radius 1 is 0.784 bits per heavy atom. The number of nitrogens with zero attached hydrogens (tertiary/aromatic N) is 4. The van der Waals surface area contributed by atoms with Gasteiger partial charge in [0.2, 0.25) is 0 Å². The van der Waals surface area contributed by atoms with Crippen LogP contribution in [0.1, 0.15) is 59.9 Å². The van der Waals surface area contributed by atoms with E-state index in [1.54, 1.807) is 0 Å². The number of anilines is 3. The lowest BCUT2D eigenvalue weighted by molar-refractivity contribution is -0.143. The van der Waals surface area contributed by atoms with Gasteiger partial charge < -0.3 is 19.4 Å². The second-order valence-electron chi connectivity index (χ2n) is 14.5. The predicted molar refractivity (Wildman–Crippen MR) is 189 cm³/mol. The third kappa shape index (κ3) is 8.56. The van der Waals surface area contributed by atoms with Gasteiger partial charge in [0.25, 0.3) is 0 Å².